The number of rotatable bonds is 2. The maximum atomic E-state index is 15.4. The second kappa shape index (κ2) is 6.62. The van der Waals surface area contributed by atoms with Crippen LogP contribution < -0.4 is 5.43 Å². The molecule has 0 saturated heterocycles. The van der Waals surface area contributed by atoms with Crippen LogP contribution >= 0.6 is 11.5 Å². The Bertz CT molecular complexity index is 1410. The van der Waals surface area contributed by atoms with Gasteiger partial charge in [0.15, 0.2) is 11.6 Å². The van der Waals surface area contributed by atoms with Crippen LogP contribution in [0.25, 0.3) is 33.6 Å². The highest BCUT2D eigenvalue weighted by Crippen LogP contribution is 2.48. The Labute approximate surface area is 180 Å². The van der Waals surface area contributed by atoms with Crippen LogP contribution in [0.15, 0.2) is 45.2 Å². The molecule has 4 aromatic rings. The monoisotopic (exact) mass is 438 g/mol. The van der Waals surface area contributed by atoms with Crippen molar-refractivity contribution >= 4 is 28.5 Å². The van der Waals surface area contributed by atoms with Crippen molar-refractivity contribution in [1.29, 1.82) is 0 Å². The van der Waals surface area contributed by atoms with Crippen LogP contribution in [0.2, 0.25) is 0 Å². The first-order chi connectivity index (χ1) is 14.7. The third-order valence-electron chi connectivity index (χ3n) is 5.92. The highest BCUT2D eigenvalue weighted by Gasteiger charge is 2.38. The number of para-hydroxylation sites is 1. The van der Waals surface area contributed by atoms with Gasteiger partial charge in [0.05, 0.1) is 0 Å². The van der Waals surface area contributed by atoms with Gasteiger partial charge in [-0.2, -0.15) is 0 Å². The van der Waals surface area contributed by atoms with E-state index in [-0.39, 0.29) is 22.9 Å². The van der Waals surface area contributed by atoms with E-state index in [0.29, 0.717) is 12.0 Å². The van der Waals surface area contributed by atoms with Gasteiger partial charge in [0, 0.05) is 45.9 Å². The lowest BCUT2D eigenvalue weighted by atomic mass is 9.79. The fourth-order valence-corrected chi connectivity index (χ4v) is 4.90. The van der Waals surface area contributed by atoms with Crippen molar-refractivity contribution in [3.05, 3.63) is 63.1 Å². The van der Waals surface area contributed by atoms with Crippen molar-refractivity contribution in [2.75, 3.05) is 0 Å². The molecule has 3 aromatic heterocycles. The second-order valence-corrected chi connectivity index (χ2v) is 9.50. The van der Waals surface area contributed by atoms with Crippen LogP contribution in [0.3, 0.4) is 0 Å². The van der Waals surface area contributed by atoms with Crippen molar-refractivity contribution in [2.45, 2.75) is 33.2 Å². The molecule has 0 bridgehead atoms. The predicted molar refractivity (Wildman–Crippen MR) is 116 cm³/mol. The van der Waals surface area contributed by atoms with Gasteiger partial charge in [-0.15, -0.1) is 0 Å². The molecule has 1 unspecified atom stereocenters. The standard InChI is InChI=1S/C23H19FN2O4S/c1-23(2,3)16-7-14-13-6-4-5-12(11-8-25-31-10-11)20(13)30-21(14)18-17(24)19(27)15(22(28)29)9-26(16)18/h4-6,8-10,16H,7H2,1-3H3,(H,28,29). The summed E-state index contributed by atoms with van der Waals surface area (Å²) in [6.45, 7) is 6.02. The zero-order valence-corrected chi connectivity index (χ0v) is 17.9. The first-order valence-corrected chi connectivity index (χ1v) is 10.6. The van der Waals surface area contributed by atoms with Crippen LogP contribution in [-0.2, 0) is 6.42 Å². The maximum Gasteiger partial charge on any atom is 0.341 e. The molecule has 0 saturated carbocycles. The Balaban J connectivity index is 1.88. The van der Waals surface area contributed by atoms with Gasteiger partial charge in [-0.1, -0.05) is 39.0 Å². The summed E-state index contributed by atoms with van der Waals surface area (Å²) < 4.78 is 27.3. The molecule has 0 amide bonds. The number of furan rings is 1. The van der Waals surface area contributed by atoms with Gasteiger partial charge in [-0.25, -0.2) is 13.6 Å². The molecule has 1 aromatic carbocycles. The van der Waals surface area contributed by atoms with E-state index >= 15 is 4.39 Å². The molecule has 1 aliphatic rings. The number of aromatic carboxylic acids is 1. The minimum Gasteiger partial charge on any atom is -0.477 e. The summed E-state index contributed by atoms with van der Waals surface area (Å²) in [5.74, 6) is -2.28. The van der Waals surface area contributed by atoms with Gasteiger partial charge in [0.1, 0.15) is 16.8 Å². The molecule has 1 N–H and O–H groups in total. The first-order valence-electron chi connectivity index (χ1n) is 9.81. The van der Waals surface area contributed by atoms with Crippen molar-refractivity contribution in [1.82, 2.24) is 8.94 Å². The minimum atomic E-state index is -1.45. The molecule has 1 atom stereocenters. The topological polar surface area (TPSA) is 85.3 Å². The van der Waals surface area contributed by atoms with Gasteiger partial charge >= 0.3 is 5.97 Å². The Morgan fingerprint density at radius 1 is 1.35 bits per heavy atom. The number of carboxylic acids is 1. The number of hydrogen-bond acceptors (Lipinski definition) is 5. The molecule has 0 spiro atoms. The number of benzene rings is 1. The number of carbonyl (C=O) groups is 1. The second-order valence-electron chi connectivity index (χ2n) is 8.84. The molecule has 8 heteroatoms. The number of halogens is 1. The lowest BCUT2D eigenvalue weighted by Crippen LogP contribution is -2.34. The SMILES string of the molecule is CC(C)(C)C1Cc2c(oc3c(-c4cnsc4)cccc23)-c2c(F)c(=O)c(C(=O)O)cn21. The molecule has 5 rings (SSSR count). The summed E-state index contributed by atoms with van der Waals surface area (Å²) in [7, 11) is 0. The van der Waals surface area contributed by atoms with E-state index in [1.807, 2.05) is 44.4 Å². The van der Waals surface area contributed by atoms with E-state index in [1.54, 1.807) is 10.8 Å². The zero-order chi connectivity index (χ0) is 22.1. The third-order valence-corrected chi connectivity index (χ3v) is 6.50. The Kier molecular flexibility index (Phi) is 4.20. The summed E-state index contributed by atoms with van der Waals surface area (Å²) in [5, 5.41) is 12.2. The average molecular weight is 438 g/mol. The maximum absolute atomic E-state index is 15.4. The lowest BCUT2D eigenvalue weighted by molar-refractivity contribution is 0.0692. The molecular weight excluding hydrogens is 419 g/mol. The van der Waals surface area contributed by atoms with Gasteiger partial charge in [0.25, 0.3) is 0 Å². The van der Waals surface area contributed by atoms with Gasteiger partial charge in [-0.3, -0.25) is 4.79 Å². The quantitative estimate of drug-likeness (QED) is 0.455. The van der Waals surface area contributed by atoms with Crippen LogP contribution in [0.4, 0.5) is 4.39 Å². The number of carboxylic acid groups (broad SMARTS) is 1. The molecule has 1 aliphatic heterocycles. The molecule has 0 aliphatic carbocycles. The largest absolute Gasteiger partial charge is 0.477 e. The first kappa shape index (κ1) is 19.7. The normalized spacial score (nSPS) is 15.7. The van der Waals surface area contributed by atoms with Crippen LogP contribution in [0, 0.1) is 11.2 Å². The highest BCUT2D eigenvalue weighted by atomic mass is 32.1. The van der Waals surface area contributed by atoms with Crippen LogP contribution in [-0.4, -0.2) is 20.0 Å². The van der Waals surface area contributed by atoms with Crippen molar-refractivity contribution in [3.63, 3.8) is 0 Å². The molecule has 0 radical (unpaired) electrons. The third kappa shape index (κ3) is 2.85. The Hall–Kier alpha value is -3.26. The van der Waals surface area contributed by atoms with E-state index in [1.165, 1.54) is 17.7 Å². The van der Waals surface area contributed by atoms with Gasteiger partial charge < -0.3 is 14.1 Å². The molecule has 0 fully saturated rings. The molecule has 6 nitrogen and oxygen atoms in total. The summed E-state index contributed by atoms with van der Waals surface area (Å²) in [6, 6.07) is 5.50. The van der Waals surface area contributed by atoms with Crippen molar-refractivity contribution in [2.24, 2.45) is 5.41 Å². The van der Waals surface area contributed by atoms with Gasteiger partial charge in [-0.05, 0) is 23.4 Å². The Morgan fingerprint density at radius 2 is 2.13 bits per heavy atom. The summed E-state index contributed by atoms with van der Waals surface area (Å²) in [5.41, 5.74) is 1.10. The summed E-state index contributed by atoms with van der Waals surface area (Å²) >= 11 is 1.33. The van der Waals surface area contributed by atoms with E-state index in [4.69, 9.17) is 4.42 Å². The molecule has 158 valence electrons. The van der Waals surface area contributed by atoms with E-state index < -0.39 is 22.8 Å². The number of aromatic nitrogens is 2. The fraction of sp³-hybridized carbons (Fsp3) is 0.261. The molecule has 31 heavy (non-hydrogen) atoms. The highest BCUT2D eigenvalue weighted by molar-refractivity contribution is 7.03. The molecular formula is C23H19FN2O4S. The number of fused-ring (bicyclic) bond motifs is 5. The summed E-state index contributed by atoms with van der Waals surface area (Å²) in [6.07, 6.45) is 3.52. The average Bonchev–Trinajstić information content (AvgIpc) is 3.36. The van der Waals surface area contributed by atoms with Crippen LogP contribution in [0.5, 0.6) is 0 Å². The Morgan fingerprint density at radius 3 is 2.77 bits per heavy atom. The summed E-state index contributed by atoms with van der Waals surface area (Å²) in [4.78, 5) is 24.1. The van der Waals surface area contributed by atoms with E-state index in [0.717, 1.165) is 22.1 Å². The van der Waals surface area contributed by atoms with Crippen LogP contribution in [0.1, 0.15) is 42.7 Å². The van der Waals surface area contributed by atoms with Gasteiger partial charge in [0.2, 0.25) is 5.43 Å². The fourth-order valence-electron chi connectivity index (χ4n) is 4.36. The predicted octanol–water partition coefficient (Wildman–Crippen LogP) is 5.37. The molecule has 4 heterocycles. The lowest BCUT2D eigenvalue weighted by Gasteiger charge is -2.37. The minimum absolute atomic E-state index is 0.00164. The van der Waals surface area contributed by atoms with E-state index in [2.05, 4.69) is 4.37 Å². The smallest absolute Gasteiger partial charge is 0.341 e. The zero-order valence-electron chi connectivity index (χ0n) is 17.1. The van der Waals surface area contributed by atoms with E-state index in [9.17, 15) is 14.7 Å². The van der Waals surface area contributed by atoms with Crippen molar-refractivity contribution < 1.29 is 18.7 Å². The number of nitrogens with zero attached hydrogens (tertiary/aromatic N) is 2. The number of pyridine rings is 1. The van der Waals surface area contributed by atoms with Crippen molar-refractivity contribution in [3.8, 4) is 22.6 Å². The number of hydrogen-bond donors (Lipinski definition) is 1.